The third-order valence-corrected chi connectivity index (χ3v) is 15.4. The fraction of sp³-hybridized carbons (Fsp3) is 0.149. The van der Waals surface area contributed by atoms with Crippen molar-refractivity contribution in [1.82, 2.24) is 0 Å². The van der Waals surface area contributed by atoms with Crippen molar-refractivity contribution in [3.63, 3.8) is 0 Å². The van der Waals surface area contributed by atoms with Crippen LogP contribution >= 0.6 is 0 Å². The fourth-order valence-corrected chi connectivity index (χ4v) is 12.7. The first-order valence-corrected chi connectivity index (χ1v) is 20.3. The summed E-state index contributed by atoms with van der Waals surface area (Å²) in [4.78, 5) is 0. The van der Waals surface area contributed by atoms with E-state index in [9.17, 15) is 0 Å². The van der Waals surface area contributed by atoms with Gasteiger partial charge in [0.15, 0.2) is 0 Å². The molecule has 0 fully saturated rings. The van der Waals surface area contributed by atoms with Crippen LogP contribution in [0.5, 0.6) is 0 Å². The number of unbranched alkanes of at least 4 members (excludes halogenated alkanes) is 1. The summed E-state index contributed by atoms with van der Waals surface area (Å²) in [5, 5.41) is 3.18. The average molecular weight is 635 g/mol. The van der Waals surface area contributed by atoms with Crippen molar-refractivity contribution in [2.45, 2.75) is 44.2 Å². The molecule has 0 aliphatic heterocycles. The zero-order valence-electron chi connectivity index (χ0n) is 27.9. The Kier molecular flexibility index (Phi) is 8.16. The number of rotatable bonds is 9. The van der Waals surface area contributed by atoms with E-state index in [1.54, 1.807) is 10.4 Å². The van der Waals surface area contributed by atoms with Gasteiger partial charge in [0.2, 0.25) is 0 Å². The molecule has 0 radical (unpaired) electrons. The van der Waals surface area contributed by atoms with Gasteiger partial charge in [-0.1, -0.05) is 196 Å². The van der Waals surface area contributed by atoms with Crippen molar-refractivity contribution in [1.29, 1.82) is 0 Å². The Morgan fingerprint density at radius 1 is 0.458 bits per heavy atom. The summed E-state index contributed by atoms with van der Waals surface area (Å²) in [7, 11) is -2.11. The molecule has 0 nitrogen and oxygen atoms in total. The van der Waals surface area contributed by atoms with Crippen molar-refractivity contribution in [3.05, 3.63) is 191 Å². The van der Waals surface area contributed by atoms with Gasteiger partial charge >= 0.3 is 0 Å². The van der Waals surface area contributed by atoms with Crippen molar-refractivity contribution in [3.8, 4) is 22.3 Å². The molecule has 0 aromatic heterocycles. The number of benzene rings is 6. The molecule has 2 aliphatic rings. The molecule has 234 valence electrons. The zero-order valence-corrected chi connectivity index (χ0v) is 28.9. The molecule has 48 heavy (non-hydrogen) atoms. The number of fused-ring (bicyclic) bond motifs is 2. The van der Waals surface area contributed by atoms with Gasteiger partial charge in [0.05, 0.1) is 0 Å². The van der Waals surface area contributed by atoms with Gasteiger partial charge in [0.25, 0.3) is 0 Å². The Hall–Kier alpha value is -4.98. The molecule has 0 saturated heterocycles. The van der Waals surface area contributed by atoms with Crippen LogP contribution in [0.4, 0.5) is 0 Å². The number of hydrogen-bond acceptors (Lipinski definition) is 0. The van der Waals surface area contributed by atoms with Crippen molar-refractivity contribution >= 4 is 30.6 Å². The van der Waals surface area contributed by atoms with E-state index in [1.165, 1.54) is 74.5 Å². The SMILES string of the molecule is CCCC[Si](C)(c1cccc2c1C=CC2c1ccc(-c2ccccc2)cc1)c1cccc2c1C=CC2c1ccc(-c2ccccc2)cc1. The first-order valence-electron chi connectivity index (χ1n) is 17.6. The topological polar surface area (TPSA) is 0 Å². The van der Waals surface area contributed by atoms with E-state index in [2.05, 4.69) is 183 Å². The maximum Gasteiger partial charge on any atom is 0.116 e. The molecule has 6 aromatic rings. The van der Waals surface area contributed by atoms with Crippen molar-refractivity contribution < 1.29 is 0 Å². The van der Waals surface area contributed by atoms with Crippen LogP contribution in [0, 0.1) is 0 Å². The highest BCUT2D eigenvalue weighted by Gasteiger charge is 2.38. The highest BCUT2D eigenvalue weighted by Crippen LogP contribution is 2.39. The van der Waals surface area contributed by atoms with Gasteiger partial charge in [-0.2, -0.15) is 0 Å². The highest BCUT2D eigenvalue weighted by atomic mass is 28.3. The summed E-state index contributed by atoms with van der Waals surface area (Å²) in [6.45, 7) is 4.98. The Morgan fingerprint density at radius 2 is 0.875 bits per heavy atom. The molecule has 0 N–H and O–H groups in total. The molecular weight excluding hydrogens is 593 g/mol. The molecular formula is C47H42Si. The minimum absolute atomic E-state index is 0.291. The van der Waals surface area contributed by atoms with Crippen LogP contribution in [0.15, 0.2) is 158 Å². The Balaban J connectivity index is 1.14. The maximum absolute atomic E-state index is 2.64. The third-order valence-electron chi connectivity index (χ3n) is 10.8. The molecule has 2 atom stereocenters. The molecule has 6 aromatic carbocycles. The summed E-state index contributed by atoms with van der Waals surface area (Å²) in [6, 6.07) is 55.4. The summed E-state index contributed by atoms with van der Waals surface area (Å²) < 4.78 is 0. The minimum Gasteiger partial charge on any atom is -0.0720 e. The molecule has 0 bridgehead atoms. The third kappa shape index (κ3) is 5.43. The molecule has 0 saturated carbocycles. The summed E-state index contributed by atoms with van der Waals surface area (Å²) in [6.07, 6.45) is 12.2. The predicted octanol–water partition coefficient (Wildman–Crippen LogP) is 11.3. The normalized spacial score (nSPS) is 17.2. The van der Waals surface area contributed by atoms with Gasteiger partial charge in [-0.05, 0) is 72.1 Å². The predicted molar refractivity (Wildman–Crippen MR) is 209 cm³/mol. The first kappa shape index (κ1) is 30.4. The van der Waals surface area contributed by atoms with Gasteiger partial charge in [0.1, 0.15) is 8.07 Å². The average Bonchev–Trinajstić information content (AvgIpc) is 3.80. The standard InChI is InChI=1S/C47H42Si/c1-3-4-33-48(2,46-19-11-17-42-40(29-31-44(42)46)38-25-21-36(22-26-38)34-13-7-5-8-14-34)47-20-12-18-43-41(30-32-45(43)47)39-27-23-37(24-28-39)35-15-9-6-10-16-35/h5-32,40-41H,3-4,33H2,1-2H3. The largest absolute Gasteiger partial charge is 0.116 e. The molecule has 1 heteroatoms. The molecule has 2 aliphatic carbocycles. The van der Waals surface area contributed by atoms with Crippen LogP contribution in [-0.2, 0) is 0 Å². The van der Waals surface area contributed by atoms with Gasteiger partial charge < -0.3 is 0 Å². The second-order valence-electron chi connectivity index (χ2n) is 13.7. The molecule has 0 amide bonds. The van der Waals surface area contributed by atoms with Crippen LogP contribution in [-0.4, -0.2) is 8.07 Å². The quantitative estimate of drug-likeness (QED) is 0.139. The van der Waals surface area contributed by atoms with E-state index in [4.69, 9.17) is 0 Å². The molecule has 2 unspecified atom stereocenters. The van der Waals surface area contributed by atoms with Gasteiger partial charge in [-0.25, -0.2) is 0 Å². The van der Waals surface area contributed by atoms with E-state index >= 15 is 0 Å². The maximum atomic E-state index is 2.64. The van der Waals surface area contributed by atoms with Crippen LogP contribution in [0.25, 0.3) is 34.4 Å². The van der Waals surface area contributed by atoms with E-state index in [-0.39, 0.29) is 0 Å². The van der Waals surface area contributed by atoms with E-state index in [0.717, 1.165) is 0 Å². The highest BCUT2D eigenvalue weighted by molar-refractivity contribution is 7.02. The number of hydrogen-bond donors (Lipinski definition) is 0. The van der Waals surface area contributed by atoms with Gasteiger partial charge in [-0.3, -0.25) is 0 Å². The lowest BCUT2D eigenvalue weighted by Gasteiger charge is -2.33. The second-order valence-corrected chi connectivity index (χ2v) is 17.9. The Morgan fingerprint density at radius 3 is 1.29 bits per heavy atom. The van der Waals surface area contributed by atoms with Crippen LogP contribution in [0.1, 0.15) is 65.0 Å². The first-order chi connectivity index (χ1) is 23.6. The van der Waals surface area contributed by atoms with Crippen molar-refractivity contribution in [2.24, 2.45) is 0 Å². The fourth-order valence-electron chi connectivity index (χ4n) is 8.19. The van der Waals surface area contributed by atoms with Crippen LogP contribution < -0.4 is 10.4 Å². The van der Waals surface area contributed by atoms with Crippen LogP contribution in [0.3, 0.4) is 0 Å². The molecule has 0 heterocycles. The second kappa shape index (κ2) is 12.9. The summed E-state index contributed by atoms with van der Waals surface area (Å²) in [5.41, 5.74) is 13.6. The van der Waals surface area contributed by atoms with E-state index < -0.39 is 8.07 Å². The van der Waals surface area contributed by atoms with Crippen molar-refractivity contribution in [2.75, 3.05) is 0 Å². The van der Waals surface area contributed by atoms with Gasteiger partial charge in [0, 0.05) is 11.8 Å². The van der Waals surface area contributed by atoms with E-state index in [0.29, 0.717) is 11.8 Å². The lowest BCUT2D eigenvalue weighted by molar-refractivity contribution is 0.872. The lowest BCUT2D eigenvalue weighted by Crippen LogP contribution is -2.57. The van der Waals surface area contributed by atoms with Crippen LogP contribution in [0.2, 0.25) is 12.6 Å². The molecule has 8 rings (SSSR count). The molecule has 0 spiro atoms. The minimum atomic E-state index is -2.11. The van der Waals surface area contributed by atoms with E-state index in [1.807, 2.05) is 0 Å². The zero-order chi connectivity index (χ0) is 32.5. The smallest absolute Gasteiger partial charge is 0.0720 e. The Labute approximate surface area is 287 Å². The summed E-state index contributed by atoms with van der Waals surface area (Å²) in [5.74, 6) is 0.581. The Bertz CT molecular complexity index is 1950. The monoisotopic (exact) mass is 634 g/mol. The summed E-state index contributed by atoms with van der Waals surface area (Å²) >= 11 is 0. The lowest BCUT2D eigenvalue weighted by atomic mass is 9.91. The number of allylic oxidation sites excluding steroid dienone is 2. The van der Waals surface area contributed by atoms with Gasteiger partial charge in [-0.15, -0.1) is 0 Å².